The van der Waals surface area contributed by atoms with Crippen LogP contribution in [-0.4, -0.2) is 18.9 Å². The van der Waals surface area contributed by atoms with E-state index in [2.05, 4.69) is 17.1 Å². The molecule has 0 saturated carbocycles. The second-order valence-corrected chi connectivity index (χ2v) is 4.38. The summed E-state index contributed by atoms with van der Waals surface area (Å²) in [6, 6.07) is 3.12. The Hall–Kier alpha value is -1.64. The number of carbonyl (C=O) groups excluding carboxylic acids is 1. The van der Waals surface area contributed by atoms with Crippen LogP contribution in [0.1, 0.15) is 29.3 Å². The van der Waals surface area contributed by atoms with Crippen LogP contribution in [0.3, 0.4) is 0 Å². The quantitative estimate of drug-likeness (QED) is 0.578. The van der Waals surface area contributed by atoms with Gasteiger partial charge in [0.2, 0.25) is 0 Å². The van der Waals surface area contributed by atoms with Crippen molar-refractivity contribution in [1.82, 2.24) is 0 Å². The van der Waals surface area contributed by atoms with Gasteiger partial charge in [-0.25, -0.2) is 4.39 Å². The Bertz CT molecular complexity index is 479. The van der Waals surface area contributed by atoms with Crippen LogP contribution in [0.25, 0.3) is 0 Å². The zero-order chi connectivity index (χ0) is 12.4. The molecule has 17 heavy (non-hydrogen) atoms. The van der Waals surface area contributed by atoms with E-state index in [0.717, 1.165) is 25.2 Å². The molecule has 0 N–H and O–H groups in total. The number of hydrogen-bond acceptors (Lipinski definition) is 2. The number of ketones is 1. The lowest BCUT2D eigenvalue weighted by Crippen LogP contribution is -2.28. The Kier molecular flexibility index (Phi) is 3.27. The SMILES string of the molecule is CC(=O)c1cc(F)c(C)cc1N1CC=CCC1. The van der Waals surface area contributed by atoms with Gasteiger partial charge in [0.05, 0.1) is 0 Å². The van der Waals surface area contributed by atoms with E-state index < -0.39 is 0 Å². The number of Topliss-reactive ketones (excluding diaryl/α,β-unsaturated/α-hetero) is 1. The van der Waals surface area contributed by atoms with E-state index in [9.17, 15) is 9.18 Å². The molecule has 1 heterocycles. The summed E-state index contributed by atoms with van der Waals surface area (Å²) in [5.74, 6) is -0.403. The lowest BCUT2D eigenvalue weighted by atomic mass is 10.0. The van der Waals surface area contributed by atoms with E-state index in [1.807, 2.05) is 0 Å². The molecule has 3 heteroatoms. The summed E-state index contributed by atoms with van der Waals surface area (Å²) in [6.45, 7) is 4.86. The van der Waals surface area contributed by atoms with Gasteiger partial charge in [-0.1, -0.05) is 12.2 Å². The third-order valence-corrected chi connectivity index (χ3v) is 3.06. The summed E-state index contributed by atoms with van der Waals surface area (Å²) < 4.78 is 13.5. The fraction of sp³-hybridized carbons (Fsp3) is 0.357. The van der Waals surface area contributed by atoms with Crippen LogP contribution < -0.4 is 4.90 Å². The van der Waals surface area contributed by atoms with Crippen LogP contribution in [0.4, 0.5) is 10.1 Å². The second-order valence-electron chi connectivity index (χ2n) is 4.38. The molecule has 0 unspecified atom stereocenters. The molecule has 0 aliphatic carbocycles. The fourth-order valence-electron chi connectivity index (χ4n) is 2.07. The first-order valence-corrected chi connectivity index (χ1v) is 5.80. The van der Waals surface area contributed by atoms with Crippen molar-refractivity contribution in [2.45, 2.75) is 20.3 Å². The van der Waals surface area contributed by atoms with E-state index in [4.69, 9.17) is 0 Å². The van der Waals surface area contributed by atoms with Crippen LogP contribution >= 0.6 is 0 Å². The number of benzene rings is 1. The number of nitrogens with zero attached hydrogens (tertiary/aromatic N) is 1. The summed E-state index contributed by atoms with van der Waals surface area (Å²) >= 11 is 0. The average Bonchev–Trinajstić information content (AvgIpc) is 2.33. The van der Waals surface area contributed by atoms with Gasteiger partial charge in [0.25, 0.3) is 0 Å². The maximum absolute atomic E-state index is 13.5. The molecule has 0 aromatic heterocycles. The van der Waals surface area contributed by atoms with Gasteiger partial charge in [-0.2, -0.15) is 0 Å². The van der Waals surface area contributed by atoms with E-state index in [-0.39, 0.29) is 11.6 Å². The Morgan fingerprint density at radius 3 is 2.71 bits per heavy atom. The molecule has 0 bridgehead atoms. The van der Waals surface area contributed by atoms with Crippen molar-refractivity contribution in [3.05, 3.63) is 41.2 Å². The summed E-state index contributed by atoms with van der Waals surface area (Å²) in [4.78, 5) is 13.7. The van der Waals surface area contributed by atoms with Gasteiger partial charge >= 0.3 is 0 Å². The topological polar surface area (TPSA) is 20.3 Å². The van der Waals surface area contributed by atoms with Crippen molar-refractivity contribution in [1.29, 1.82) is 0 Å². The molecule has 2 nitrogen and oxygen atoms in total. The van der Waals surface area contributed by atoms with Crippen molar-refractivity contribution < 1.29 is 9.18 Å². The van der Waals surface area contributed by atoms with Crippen molar-refractivity contribution in [3.8, 4) is 0 Å². The predicted molar refractivity (Wildman–Crippen MR) is 67.1 cm³/mol. The van der Waals surface area contributed by atoms with E-state index in [1.165, 1.54) is 13.0 Å². The van der Waals surface area contributed by atoms with Crippen LogP contribution in [-0.2, 0) is 0 Å². The molecule has 1 aliphatic heterocycles. The van der Waals surface area contributed by atoms with Gasteiger partial charge in [-0.15, -0.1) is 0 Å². The maximum Gasteiger partial charge on any atom is 0.161 e. The Morgan fingerprint density at radius 2 is 2.12 bits per heavy atom. The molecule has 0 amide bonds. The molecule has 0 fully saturated rings. The van der Waals surface area contributed by atoms with Crippen molar-refractivity contribution in [3.63, 3.8) is 0 Å². The third kappa shape index (κ3) is 2.38. The lowest BCUT2D eigenvalue weighted by molar-refractivity contribution is 0.101. The molecule has 1 aromatic rings. The summed E-state index contributed by atoms with van der Waals surface area (Å²) in [7, 11) is 0. The number of hydrogen-bond donors (Lipinski definition) is 0. The first kappa shape index (κ1) is 11.8. The second kappa shape index (κ2) is 4.70. The van der Waals surface area contributed by atoms with Crippen LogP contribution in [0.2, 0.25) is 0 Å². The monoisotopic (exact) mass is 233 g/mol. The third-order valence-electron chi connectivity index (χ3n) is 3.06. The molecule has 1 aliphatic rings. The summed E-state index contributed by atoms with van der Waals surface area (Å²) in [5.41, 5.74) is 1.91. The van der Waals surface area contributed by atoms with Crippen LogP contribution in [0.5, 0.6) is 0 Å². The van der Waals surface area contributed by atoms with Gasteiger partial charge in [-0.3, -0.25) is 4.79 Å². The smallest absolute Gasteiger partial charge is 0.161 e. The van der Waals surface area contributed by atoms with Gasteiger partial charge in [-0.05, 0) is 38.0 Å². The molecule has 2 rings (SSSR count). The zero-order valence-corrected chi connectivity index (χ0v) is 10.2. The first-order valence-electron chi connectivity index (χ1n) is 5.80. The Labute approximate surface area is 101 Å². The maximum atomic E-state index is 13.5. The Balaban J connectivity index is 2.47. The molecule has 90 valence electrons. The average molecular weight is 233 g/mol. The van der Waals surface area contributed by atoms with Gasteiger partial charge < -0.3 is 4.90 Å². The van der Waals surface area contributed by atoms with Gasteiger partial charge in [0, 0.05) is 24.3 Å². The highest BCUT2D eigenvalue weighted by molar-refractivity contribution is 6.00. The number of anilines is 1. The van der Waals surface area contributed by atoms with E-state index in [0.29, 0.717) is 11.1 Å². The highest BCUT2D eigenvalue weighted by Gasteiger charge is 2.16. The normalized spacial score (nSPS) is 15.1. The molecule has 0 saturated heterocycles. The first-order chi connectivity index (χ1) is 8.09. The van der Waals surface area contributed by atoms with Crippen molar-refractivity contribution in [2.75, 3.05) is 18.0 Å². The number of halogens is 1. The molecule has 1 aromatic carbocycles. The highest BCUT2D eigenvalue weighted by Crippen LogP contribution is 2.26. The molecule has 0 atom stereocenters. The minimum absolute atomic E-state index is 0.0894. The van der Waals surface area contributed by atoms with Crippen LogP contribution in [0.15, 0.2) is 24.3 Å². The predicted octanol–water partition coefficient (Wildman–Crippen LogP) is 3.10. The summed E-state index contributed by atoms with van der Waals surface area (Å²) in [6.07, 6.45) is 5.17. The summed E-state index contributed by atoms with van der Waals surface area (Å²) in [5, 5.41) is 0. The standard InChI is InChI=1S/C14H16FNO/c1-10-8-14(16-6-4-3-5-7-16)12(11(2)17)9-13(10)15/h3-4,8-9H,5-7H2,1-2H3. The van der Waals surface area contributed by atoms with Gasteiger partial charge in [0.1, 0.15) is 5.82 Å². The largest absolute Gasteiger partial charge is 0.367 e. The zero-order valence-electron chi connectivity index (χ0n) is 10.2. The number of carbonyl (C=O) groups is 1. The fourth-order valence-corrected chi connectivity index (χ4v) is 2.07. The van der Waals surface area contributed by atoms with Crippen LogP contribution in [0, 0.1) is 12.7 Å². The van der Waals surface area contributed by atoms with E-state index in [1.54, 1.807) is 13.0 Å². The number of rotatable bonds is 2. The Morgan fingerprint density at radius 1 is 1.35 bits per heavy atom. The van der Waals surface area contributed by atoms with Crippen molar-refractivity contribution in [2.24, 2.45) is 0 Å². The molecular weight excluding hydrogens is 217 g/mol. The number of aryl methyl sites for hydroxylation is 1. The molecule has 0 spiro atoms. The minimum atomic E-state index is -0.313. The van der Waals surface area contributed by atoms with E-state index >= 15 is 0 Å². The molecular formula is C14H16FNO. The lowest BCUT2D eigenvalue weighted by Gasteiger charge is -2.27. The molecule has 0 radical (unpaired) electrons. The highest BCUT2D eigenvalue weighted by atomic mass is 19.1. The van der Waals surface area contributed by atoms with Gasteiger partial charge in [0.15, 0.2) is 5.78 Å². The van der Waals surface area contributed by atoms with Crippen molar-refractivity contribution >= 4 is 11.5 Å². The minimum Gasteiger partial charge on any atom is -0.367 e.